The maximum Gasteiger partial charge on any atom is 0.238 e. The lowest BCUT2D eigenvalue weighted by atomic mass is 9.70. The van der Waals surface area contributed by atoms with Crippen molar-refractivity contribution < 1.29 is 14.3 Å². The summed E-state index contributed by atoms with van der Waals surface area (Å²) in [4.78, 5) is 25.4. The van der Waals surface area contributed by atoms with Gasteiger partial charge in [0.15, 0.2) is 5.78 Å². The van der Waals surface area contributed by atoms with Gasteiger partial charge in [0.2, 0.25) is 5.91 Å². The van der Waals surface area contributed by atoms with Crippen molar-refractivity contribution in [3.8, 4) is 5.75 Å². The summed E-state index contributed by atoms with van der Waals surface area (Å²) >= 11 is 0. The Balaban J connectivity index is 1.76. The second-order valence-electron chi connectivity index (χ2n) is 6.98. The first-order valence-electron chi connectivity index (χ1n) is 7.99. The number of carbonyl (C=O) groups excluding carboxylic acids is 2. The summed E-state index contributed by atoms with van der Waals surface area (Å²) in [6.07, 6.45) is 2.35. The quantitative estimate of drug-likeness (QED) is 0.867. The summed E-state index contributed by atoms with van der Waals surface area (Å²) in [6, 6.07) is 7.29. The van der Waals surface area contributed by atoms with Crippen LogP contribution in [0.5, 0.6) is 5.75 Å². The molecule has 3 rings (SSSR count). The molecule has 2 aliphatic rings. The van der Waals surface area contributed by atoms with E-state index in [1.807, 2.05) is 45.0 Å². The standard InChI is InChI=1S/C18H23NO3/c1-4-22-14-7-5-13(6-8-14)19-16(21)18-10-9-12(11-18)17(2,3)15(18)20/h5-8,12H,4,9-11H2,1-3H3,(H,19,21)/t12-,18+/m0/s1. The highest BCUT2D eigenvalue weighted by molar-refractivity contribution is 6.15. The molecule has 0 spiro atoms. The molecule has 2 saturated carbocycles. The molecule has 4 heteroatoms. The number of ketones is 1. The van der Waals surface area contributed by atoms with Crippen LogP contribution in [-0.4, -0.2) is 18.3 Å². The first kappa shape index (κ1) is 15.1. The summed E-state index contributed by atoms with van der Waals surface area (Å²) in [6.45, 7) is 6.49. The smallest absolute Gasteiger partial charge is 0.238 e. The van der Waals surface area contributed by atoms with Gasteiger partial charge in [0.25, 0.3) is 0 Å². The Labute approximate surface area is 131 Å². The number of benzene rings is 1. The third-order valence-corrected chi connectivity index (χ3v) is 5.41. The zero-order valence-corrected chi connectivity index (χ0v) is 13.4. The molecule has 4 nitrogen and oxygen atoms in total. The average molecular weight is 301 g/mol. The molecule has 1 amide bonds. The maximum atomic E-state index is 12.7. The lowest BCUT2D eigenvalue weighted by Gasteiger charge is -2.32. The SMILES string of the molecule is CCOc1ccc(NC(=O)[C@]23CC[C@@H](C2)C(C)(C)C3=O)cc1. The Morgan fingerprint density at radius 3 is 2.55 bits per heavy atom. The maximum absolute atomic E-state index is 12.7. The van der Waals surface area contributed by atoms with E-state index in [9.17, 15) is 9.59 Å². The van der Waals surface area contributed by atoms with Crippen molar-refractivity contribution in [2.75, 3.05) is 11.9 Å². The Hall–Kier alpha value is -1.84. The van der Waals surface area contributed by atoms with Gasteiger partial charge in [-0.25, -0.2) is 0 Å². The molecule has 1 aromatic rings. The minimum atomic E-state index is -0.813. The number of fused-ring (bicyclic) bond motifs is 2. The van der Waals surface area contributed by atoms with Gasteiger partial charge in [-0.05, 0) is 56.4 Å². The van der Waals surface area contributed by atoms with E-state index in [1.54, 1.807) is 0 Å². The number of carbonyl (C=O) groups is 2. The molecule has 1 N–H and O–H groups in total. The van der Waals surface area contributed by atoms with Crippen LogP contribution in [0.3, 0.4) is 0 Å². The molecule has 2 aliphatic carbocycles. The van der Waals surface area contributed by atoms with E-state index in [0.29, 0.717) is 31.1 Å². The van der Waals surface area contributed by atoms with Crippen molar-refractivity contribution in [2.24, 2.45) is 16.7 Å². The summed E-state index contributed by atoms with van der Waals surface area (Å²) in [5, 5.41) is 2.92. The molecule has 1 aromatic carbocycles. The number of amides is 1. The molecule has 0 saturated heterocycles. The van der Waals surface area contributed by atoms with E-state index in [1.165, 1.54) is 0 Å². The molecule has 0 heterocycles. The first-order chi connectivity index (χ1) is 10.4. The lowest BCUT2D eigenvalue weighted by molar-refractivity contribution is -0.142. The highest BCUT2D eigenvalue weighted by Gasteiger charge is 2.64. The topological polar surface area (TPSA) is 55.4 Å². The molecule has 0 radical (unpaired) electrons. The van der Waals surface area contributed by atoms with E-state index < -0.39 is 5.41 Å². The minimum absolute atomic E-state index is 0.111. The minimum Gasteiger partial charge on any atom is -0.494 e. The Kier molecular flexibility index (Phi) is 3.50. The Morgan fingerprint density at radius 2 is 2.00 bits per heavy atom. The van der Waals surface area contributed by atoms with Gasteiger partial charge in [-0.2, -0.15) is 0 Å². The van der Waals surface area contributed by atoms with Crippen molar-refractivity contribution in [3.63, 3.8) is 0 Å². The fourth-order valence-electron chi connectivity index (χ4n) is 4.03. The number of hydrogen-bond donors (Lipinski definition) is 1. The highest BCUT2D eigenvalue weighted by Crippen LogP contribution is 2.60. The van der Waals surface area contributed by atoms with Crippen molar-refractivity contribution >= 4 is 17.4 Å². The zero-order valence-electron chi connectivity index (χ0n) is 13.4. The van der Waals surface area contributed by atoms with Crippen LogP contribution < -0.4 is 10.1 Å². The fraction of sp³-hybridized carbons (Fsp3) is 0.556. The van der Waals surface area contributed by atoms with Crippen LogP contribution in [0, 0.1) is 16.7 Å². The second-order valence-corrected chi connectivity index (χ2v) is 6.98. The predicted molar refractivity (Wildman–Crippen MR) is 84.8 cm³/mol. The van der Waals surface area contributed by atoms with E-state index in [4.69, 9.17) is 4.74 Å². The Bertz CT molecular complexity index is 605. The third-order valence-electron chi connectivity index (χ3n) is 5.41. The molecular weight excluding hydrogens is 278 g/mol. The predicted octanol–water partition coefficient (Wildman–Crippen LogP) is 3.42. The summed E-state index contributed by atoms with van der Waals surface area (Å²) in [5.41, 5.74) is -0.468. The largest absolute Gasteiger partial charge is 0.494 e. The highest BCUT2D eigenvalue weighted by atomic mass is 16.5. The normalized spacial score (nSPS) is 28.7. The third kappa shape index (κ3) is 2.13. The van der Waals surface area contributed by atoms with Crippen LogP contribution in [-0.2, 0) is 9.59 Å². The molecule has 2 bridgehead atoms. The van der Waals surface area contributed by atoms with Crippen molar-refractivity contribution in [1.82, 2.24) is 0 Å². The number of hydrogen-bond acceptors (Lipinski definition) is 3. The van der Waals surface area contributed by atoms with Gasteiger partial charge >= 0.3 is 0 Å². The van der Waals surface area contributed by atoms with E-state index in [-0.39, 0.29) is 17.1 Å². The molecule has 2 fully saturated rings. The van der Waals surface area contributed by atoms with Gasteiger partial charge in [-0.1, -0.05) is 13.8 Å². The van der Waals surface area contributed by atoms with Gasteiger partial charge in [0.1, 0.15) is 11.2 Å². The summed E-state index contributed by atoms with van der Waals surface area (Å²) in [7, 11) is 0. The van der Waals surface area contributed by atoms with Crippen LogP contribution in [0.1, 0.15) is 40.0 Å². The molecule has 22 heavy (non-hydrogen) atoms. The molecule has 0 aromatic heterocycles. The number of Topliss-reactive ketones (excluding diaryl/α,β-unsaturated/α-hetero) is 1. The first-order valence-corrected chi connectivity index (χ1v) is 7.99. The van der Waals surface area contributed by atoms with Crippen LogP contribution in [0.25, 0.3) is 0 Å². The van der Waals surface area contributed by atoms with E-state index in [0.717, 1.165) is 12.2 Å². The zero-order chi connectivity index (χ0) is 16.0. The van der Waals surface area contributed by atoms with Crippen molar-refractivity contribution in [2.45, 2.75) is 40.0 Å². The van der Waals surface area contributed by atoms with Crippen LogP contribution in [0.15, 0.2) is 24.3 Å². The van der Waals surface area contributed by atoms with E-state index >= 15 is 0 Å². The summed E-state index contributed by atoms with van der Waals surface area (Å²) < 4.78 is 5.39. The second kappa shape index (κ2) is 5.11. The summed E-state index contributed by atoms with van der Waals surface area (Å²) in [5.74, 6) is 1.08. The van der Waals surface area contributed by atoms with Crippen LogP contribution in [0.4, 0.5) is 5.69 Å². The number of nitrogens with one attached hydrogen (secondary N) is 1. The van der Waals surface area contributed by atoms with E-state index in [2.05, 4.69) is 5.32 Å². The number of anilines is 1. The van der Waals surface area contributed by atoms with Gasteiger partial charge in [-0.3, -0.25) is 9.59 Å². The number of ether oxygens (including phenoxy) is 1. The van der Waals surface area contributed by atoms with Crippen LogP contribution in [0.2, 0.25) is 0 Å². The Morgan fingerprint density at radius 1 is 1.32 bits per heavy atom. The van der Waals surface area contributed by atoms with Crippen molar-refractivity contribution in [1.29, 1.82) is 0 Å². The molecule has 2 atom stereocenters. The number of rotatable bonds is 4. The monoisotopic (exact) mass is 301 g/mol. The molecule has 118 valence electrons. The van der Waals surface area contributed by atoms with Gasteiger partial charge in [0.05, 0.1) is 6.61 Å². The molecule has 0 aliphatic heterocycles. The molecular formula is C18H23NO3. The molecule has 0 unspecified atom stereocenters. The lowest BCUT2D eigenvalue weighted by Crippen LogP contribution is -2.44. The fourth-order valence-corrected chi connectivity index (χ4v) is 4.03. The average Bonchev–Trinajstić information content (AvgIpc) is 3.02. The van der Waals surface area contributed by atoms with Gasteiger partial charge < -0.3 is 10.1 Å². The van der Waals surface area contributed by atoms with Crippen molar-refractivity contribution in [3.05, 3.63) is 24.3 Å². The van der Waals surface area contributed by atoms with Gasteiger partial charge in [-0.15, -0.1) is 0 Å². The van der Waals surface area contributed by atoms with Crippen LogP contribution >= 0.6 is 0 Å². The van der Waals surface area contributed by atoms with Gasteiger partial charge in [0, 0.05) is 11.1 Å².